The van der Waals surface area contributed by atoms with Crippen molar-refractivity contribution in [3.8, 4) is 11.5 Å². The van der Waals surface area contributed by atoms with Crippen LogP contribution in [-0.4, -0.2) is 13.9 Å². The first-order chi connectivity index (χ1) is 16.2. The van der Waals surface area contributed by atoms with Gasteiger partial charge in [0.2, 0.25) is 8.32 Å². The predicted molar refractivity (Wildman–Crippen MR) is 157 cm³/mol. The molecule has 35 heavy (non-hydrogen) atoms. The highest BCUT2D eigenvalue weighted by atomic mass is 28.4. The molecule has 0 fully saturated rings. The Morgan fingerprint density at radius 1 is 0.800 bits per heavy atom. The zero-order valence-electron chi connectivity index (χ0n) is 25.3. The van der Waals surface area contributed by atoms with E-state index in [4.69, 9.17) is 9.16 Å². The van der Waals surface area contributed by atoms with Crippen molar-refractivity contribution >= 4 is 8.32 Å². The van der Waals surface area contributed by atoms with E-state index < -0.39 is 8.32 Å². The fourth-order valence-corrected chi connectivity index (χ4v) is 6.64. The lowest BCUT2D eigenvalue weighted by molar-refractivity contribution is 0.0512. The third-order valence-electron chi connectivity index (χ3n) is 8.25. The van der Waals surface area contributed by atoms with Crippen molar-refractivity contribution in [2.45, 2.75) is 151 Å². The molecule has 0 aromatic heterocycles. The van der Waals surface area contributed by atoms with Gasteiger partial charge in [0.15, 0.2) is 0 Å². The van der Waals surface area contributed by atoms with Crippen molar-refractivity contribution in [3.05, 3.63) is 22.3 Å². The van der Waals surface area contributed by atoms with Crippen LogP contribution in [0, 0.1) is 38.5 Å². The second-order valence-corrected chi connectivity index (χ2v) is 18.1. The average molecular weight is 503 g/mol. The topological polar surface area (TPSA) is 18.5 Å². The zero-order chi connectivity index (χ0) is 26.4. The van der Waals surface area contributed by atoms with Crippen molar-refractivity contribution in [1.29, 1.82) is 0 Å². The monoisotopic (exact) mass is 502 g/mol. The summed E-state index contributed by atoms with van der Waals surface area (Å²) in [4.78, 5) is 0. The summed E-state index contributed by atoms with van der Waals surface area (Å²) in [7, 11) is -1.65. The van der Waals surface area contributed by atoms with Crippen molar-refractivity contribution in [2.24, 2.45) is 17.8 Å². The van der Waals surface area contributed by atoms with Gasteiger partial charge in [-0.1, -0.05) is 72.6 Å². The summed E-state index contributed by atoms with van der Waals surface area (Å²) in [6.07, 6.45) is 14.3. The van der Waals surface area contributed by atoms with Gasteiger partial charge >= 0.3 is 0 Å². The minimum atomic E-state index is -1.65. The number of hydrogen-bond donors (Lipinski definition) is 0. The summed E-state index contributed by atoms with van der Waals surface area (Å²) in [5.74, 6) is 4.84. The third-order valence-corrected chi connectivity index (χ3v) is 9.06. The molecule has 2 rings (SSSR count). The van der Waals surface area contributed by atoms with E-state index in [1.165, 1.54) is 73.6 Å². The molecule has 0 amide bonds. The lowest BCUT2D eigenvalue weighted by atomic mass is 9.84. The quantitative estimate of drug-likeness (QED) is 0.235. The van der Waals surface area contributed by atoms with Crippen LogP contribution in [0.15, 0.2) is 0 Å². The average Bonchev–Trinajstić information content (AvgIpc) is 2.74. The third kappa shape index (κ3) is 9.45. The Morgan fingerprint density at radius 2 is 1.34 bits per heavy atom. The minimum Gasteiger partial charge on any atom is -0.544 e. The summed E-state index contributed by atoms with van der Waals surface area (Å²) in [5, 5.41) is 0. The van der Waals surface area contributed by atoms with E-state index in [1.807, 2.05) is 0 Å². The fourth-order valence-electron chi connectivity index (χ4n) is 5.72. The van der Waals surface area contributed by atoms with E-state index in [1.54, 1.807) is 0 Å². The van der Waals surface area contributed by atoms with Crippen LogP contribution in [0.2, 0.25) is 19.6 Å². The highest BCUT2D eigenvalue weighted by Crippen LogP contribution is 2.45. The Balaban J connectivity index is 1.85. The van der Waals surface area contributed by atoms with E-state index in [9.17, 15) is 0 Å². The Labute approximate surface area is 220 Å². The number of fused-ring (bicyclic) bond motifs is 1. The summed E-state index contributed by atoms with van der Waals surface area (Å²) in [6.45, 7) is 25.4. The molecule has 2 nitrogen and oxygen atoms in total. The molecule has 0 aliphatic carbocycles. The van der Waals surface area contributed by atoms with Gasteiger partial charge in [0.05, 0.1) is 0 Å². The summed E-state index contributed by atoms with van der Waals surface area (Å²) < 4.78 is 13.3. The number of rotatable bonds is 14. The van der Waals surface area contributed by atoms with E-state index >= 15 is 0 Å². The molecule has 3 unspecified atom stereocenters. The van der Waals surface area contributed by atoms with Crippen LogP contribution in [0.4, 0.5) is 0 Å². The first-order valence-electron chi connectivity index (χ1n) is 14.7. The van der Waals surface area contributed by atoms with Gasteiger partial charge < -0.3 is 9.16 Å². The number of hydrogen-bond acceptors (Lipinski definition) is 2. The molecule has 0 bridgehead atoms. The molecular weight excluding hydrogens is 444 g/mol. The van der Waals surface area contributed by atoms with Crippen molar-refractivity contribution < 1.29 is 9.16 Å². The second-order valence-electron chi connectivity index (χ2n) is 13.6. The largest absolute Gasteiger partial charge is 0.544 e. The maximum Gasteiger partial charge on any atom is 0.242 e. The zero-order valence-corrected chi connectivity index (χ0v) is 26.3. The summed E-state index contributed by atoms with van der Waals surface area (Å²) in [5.41, 5.74) is 5.19. The Bertz CT molecular complexity index is 807. The standard InChI is InChI=1S/C32H58O2Si/c1-23(2)15-12-16-24(3)17-13-18-25(4)19-14-21-32(8)22-20-29-28(7)30(34-35(9,10)11)26(5)27(6)31(29)33-32/h23-25H,12-22H2,1-11H3. The van der Waals surface area contributed by atoms with Gasteiger partial charge in [-0.25, -0.2) is 0 Å². The SMILES string of the molecule is Cc1c(C)c2c(c(C)c1O[Si](C)(C)C)CCC(C)(CCCC(C)CCCC(C)CCCC(C)C)O2. The van der Waals surface area contributed by atoms with E-state index in [-0.39, 0.29) is 5.60 Å². The first kappa shape index (κ1) is 30.3. The molecule has 202 valence electrons. The summed E-state index contributed by atoms with van der Waals surface area (Å²) in [6, 6.07) is 0. The number of ether oxygens (including phenoxy) is 1. The minimum absolute atomic E-state index is 0.0392. The van der Waals surface area contributed by atoms with Crippen LogP contribution in [0.5, 0.6) is 11.5 Å². The predicted octanol–water partition coefficient (Wildman–Crippen LogP) is 10.3. The van der Waals surface area contributed by atoms with Crippen LogP contribution < -0.4 is 9.16 Å². The highest BCUT2D eigenvalue weighted by Gasteiger charge is 2.35. The van der Waals surface area contributed by atoms with E-state index in [2.05, 4.69) is 75.0 Å². The second kappa shape index (κ2) is 13.0. The molecule has 0 saturated carbocycles. The maximum absolute atomic E-state index is 6.80. The molecule has 1 aliphatic heterocycles. The fraction of sp³-hybridized carbons (Fsp3) is 0.812. The van der Waals surface area contributed by atoms with Gasteiger partial charge in [-0.3, -0.25) is 0 Å². The van der Waals surface area contributed by atoms with Crippen molar-refractivity contribution in [1.82, 2.24) is 0 Å². The molecule has 3 heteroatoms. The van der Waals surface area contributed by atoms with Crippen LogP contribution in [-0.2, 0) is 6.42 Å². The van der Waals surface area contributed by atoms with Gasteiger partial charge in [0.25, 0.3) is 0 Å². The summed E-state index contributed by atoms with van der Waals surface area (Å²) >= 11 is 0. The molecule has 3 atom stereocenters. The molecule has 1 aliphatic rings. The highest BCUT2D eigenvalue weighted by molar-refractivity contribution is 6.70. The first-order valence-corrected chi connectivity index (χ1v) is 18.1. The van der Waals surface area contributed by atoms with Crippen LogP contribution in [0.1, 0.15) is 121 Å². The Hall–Kier alpha value is -0.963. The molecule has 0 radical (unpaired) electrons. The lowest BCUT2D eigenvalue weighted by Gasteiger charge is -2.39. The van der Waals surface area contributed by atoms with Crippen LogP contribution >= 0.6 is 0 Å². The molecule has 1 heterocycles. The number of benzene rings is 1. The van der Waals surface area contributed by atoms with Gasteiger partial charge in [0, 0.05) is 5.56 Å². The van der Waals surface area contributed by atoms with Crippen LogP contribution in [0.25, 0.3) is 0 Å². The normalized spacial score (nSPS) is 19.9. The molecule has 0 saturated heterocycles. The van der Waals surface area contributed by atoms with Gasteiger partial charge in [-0.05, 0) is 107 Å². The lowest BCUT2D eigenvalue weighted by Crippen LogP contribution is -2.37. The van der Waals surface area contributed by atoms with Gasteiger partial charge in [-0.2, -0.15) is 0 Å². The molecule has 0 spiro atoms. The van der Waals surface area contributed by atoms with Crippen LogP contribution in [0.3, 0.4) is 0 Å². The smallest absolute Gasteiger partial charge is 0.242 e. The molecule has 0 N–H and O–H groups in total. The molecule has 1 aromatic rings. The van der Waals surface area contributed by atoms with E-state index in [0.717, 1.165) is 48.5 Å². The Kier molecular flexibility index (Phi) is 11.3. The van der Waals surface area contributed by atoms with Crippen molar-refractivity contribution in [3.63, 3.8) is 0 Å². The molecular formula is C32H58O2Si. The maximum atomic E-state index is 6.80. The van der Waals surface area contributed by atoms with E-state index in [0.29, 0.717) is 0 Å². The Morgan fingerprint density at radius 3 is 1.89 bits per heavy atom. The van der Waals surface area contributed by atoms with Gasteiger partial charge in [-0.15, -0.1) is 0 Å². The van der Waals surface area contributed by atoms with Crippen molar-refractivity contribution in [2.75, 3.05) is 0 Å². The molecule has 1 aromatic carbocycles. The van der Waals surface area contributed by atoms with Gasteiger partial charge in [0.1, 0.15) is 17.1 Å².